The molecule has 2 N–H and O–H groups in total. The number of nitrogens with zero attached hydrogens (tertiary/aromatic N) is 2. The van der Waals surface area contributed by atoms with Crippen molar-refractivity contribution in [1.29, 1.82) is 0 Å². The zero-order chi connectivity index (χ0) is 11.4. The van der Waals surface area contributed by atoms with E-state index in [1.54, 1.807) is 23.2 Å². The number of nitrogens with two attached hydrogens (primary N) is 1. The summed E-state index contributed by atoms with van der Waals surface area (Å²) in [5, 5.41) is 0. The zero-order valence-corrected chi connectivity index (χ0v) is 9.06. The quantitative estimate of drug-likeness (QED) is 0.751. The fraction of sp³-hybridized carbons (Fsp3) is 0.455. The first-order valence-electron chi connectivity index (χ1n) is 5.36. The number of hydrogen-bond donors (Lipinski definition) is 1. The number of amides is 1. The van der Waals surface area contributed by atoms with E-state index < -0.39 is 0 Å². The average Bonchev–Trinajstić information content (AvgIpc) is 2.56. The fourth-order valence-electron chi connectivity index (χ4n) is 1.71. The minimum atomic E-state index is -0.000370. The van der Waals surface area contributed by atoms with E-state index >= 15 is 0 Å². The summed E-state index contributed by atoms with van der Waals surface area (Å²) in [5.74, 6) is 0.372. The third-order valence-corrected chi connectivity index (χ3v) is 2.54. The number of carbonyl (C=O) groups is 1. The molecule has 1 aromatic heterocycles. The molecule has 0 bridgehead atoms. The van der Waals surface area contributed by atoms with Crippen LogP contribution >= 0.6 is 0 Å². The second-order valence-corrected chi connectivity index (χ2v) is 3.73. The van der Waals surface area contributed by atoms with Crippen LogP contribution in [0.1, 0.15) is 16.8 Å². The normalized spacial score (nSPS) is 16.9. The van der Waals surface area contributed by atoms with Gasteiger partial charge in [0.15, 0.2) is 0 Å². The molecule has 1 aliphatic heterocycles. The molecule has 86 valence electrons. The number of pyridine rings is 1. The van der Waals surface area contributed by atoms with Crippen LogP contribution in [0.15, 0.2) is 18.3 Å². The van der Waals surface area contributed by atoms with Crippen molar-refractivity contribution in [3.8, 4) is 0 Å². The van der Waals surface area contributed by atoms with Crippen LogP contribution in [0.25, 0.3) is 0 Å². The van der Waals surface area contributed by atoms with E-state index in [-0.39, 0.29) is 5.91 Å². The van der Waals surface area contributed by atoms with Crippen LogP contribution < -0.4 is 5.73 Å². The smallest absolute Gasteiger partial charge is 0.254 e. The molecule has 5 nitrogen and oxygen atoms in total. The lowest BCUT2D eigenvalue weighted by Crippen LogP contribution is -2.33. The molecule has 0 aromatic carbocycles. The van der Waals surface area contributed by atoms with Crippen LogP contribution in [0.2, 0.25) is 0 Å². The molecule has 1 aliphatic rings. The summed E-state index contributed by atoms with van der Waals surface area (Å²) < 4.78 is 5.30. The molecule has 1 aromatic rings. The van der Waals surface area contributed by atoms with E-state index in [2.05, 4.69) is 4.98 Å². The number of aromatic nitrogens is 1. The van der Waals surface area contributed by atoms with Crippen molar-refractivity contribution in [2.24, 2.45) is 0 Å². The van der Waals surface area contributed by atoms with Crippen LogP contribution in [-0.4, -0.2) is 42.1 Å². The average molecular weight is 221 g/mol. The molecule has 0 radical (unpaired) electrons. The van der Waals surface area contributed by atoms with E-state index in [9.17, 15) is 4.79 Å². The van der Waals surface area contributed by atoms with E-state index in [1.807, 2.05) is 0 Å². The van der Waals surface area contributed by atoms with Gasteiger partial charge < -0.3 is 15.4 Å². The number of anilines is 1. The highest BCUT2D eigenvalue weighted by Crippen LogP contribution is 2.09. The molecule has 2 rings (SSSR count). The fourth-order valence-corrected chi connectivity index (χ4v) is 1.71. The Morgan fingerprint density at radius 3 is 3.12 bits per heavy atom. The number of ether oxygens (including phenoxy) is 1. The van der Waals surface area contributed by atoms with Crippen molar-refractivity contribution in [3.05, 3.63) is 23.9 Å². The maximum Gasteiger partial charge on any atom is 0.254 e. The largest absolute Gasteiger partial charge is 0.384 e. The summed E-state index contributed by atoms with van der Waals surface area (Å²) in [6.45, 7) is 2.71. The van der Waals surface area contributed by atoms with E-state index in [0.29, 0.717) is 24.5 Å². The third-order valence-electron chi connectivity index (χ3n) is 2.54. The Balaban J connectivity index is 2.11. The third kappa shape index (κ3) is 2.49. The molecule has 5 heteroatoms. The first-order valence-corrected chi connectivity index (χ1v) is 5.36. The van der Waals surface area contributed by atoms with E-state index in [0.717, 1.165) is 19.6 Å². The molecule has 2 heterocycles. The Kier molecular flexibility index (Phi) is 3.36. The summed E-state index contributed by atoms with van der Waals surface area (Å²) in [4.78, 5) is 17.8. The molecule has 0 spiro atoms. The standard InChI is InChI=1S/C11H15N3O2/c12-10-8-9(2-3-13-10)11(15)14-4-1-6-16-7-5-14/h2-3,8H,1,4-7H2,(H2,12,13). The lowest BCUT2D eigenvalue weighted by molar-refractivity contribution is 0.0741. The monoisotopic (exact) mass is 221 g/mol. The Labute approximate surface area is 94.2 Å². The van der Waals surface area contributed by atoms with Crippen LogP contribution in [0.4, 0.5) is 5.82 Å². The second kappa shape index (κ2) is 4.94. The molecule has 0 aliphatic carbocycles. The van der Waals surface area contributed by atoms with Gasteiger partial charge in [-0.15, -0.1) is 0 Å². The van der Waals surface area contributed by atoms with Crippen LogP contribution in [0.3, 0.4) is 0 Å². The van der Waals surface area contributed by atoms with Gasteiger partial charge in [-0.1, -0.05) is 0 Å². The number of carbonyl (C=O) groups excluding carboxylic acids is 1. The van der Waals surface area contributed by atoms with Crippen molar-refractivity contribution >= 4 is 11.7 Å². The highest BCUT2D eigenvalue weighted by atomic mass is 16.5. The van der Waals surface area contributed by atoms with Crippen LogP contribution in [0, 0.1) is 0 Å². The molecule has 16 heavy (non-hydrogen) atoms. The van der Waals surface area contributed by atoms with Gasteiger partial charge in [0, 0.05) is 31.5 Å². The van der Waals surface area contributed by atoms with Crippen LogP contribution in [0.5, 0.6) is 0 Å². The summed E-state index contributed by atoms with van der Waals surface area (Å²) in [6.07, 6.45) is 2.43. The topological polar surface area (TPSA) is 68.5 Å². The van der Waals surface area contributed by atoms with Crippen molar-refractivity contribution < 1.29 is 9.53 Å². The predicted octanol–water partition coefficient (Wildman–Crippen LogP) is 0.526. The maximum absolute atomic E-state index is 12.1. The van der Waals surface area contributed by atoms with Crippen molar-refractivity contribution in [1.82, 2.24) is 9.88 Å². The Bertz CT molecular complexity index is 373. The Morgan fingerprint density at radius 2 is 2.31 bits per heavy atom. The van der Waals surface area contributed by atoms with Crippen molar-refractivity contribution in [2.75, 3.05) is 32.0 Å². The van der Waals surface area contributed by atoms with Gasteiger partial charge in [-0.3, -0.25) is 4.79 Å². The van der Waals surface area contributed by atoms with Gasteiger partial charge >= 0.3 is 0 Å². The summed E-state index contributed by atoms with van der Waals surface area (Å²) in [7, 11) is 0. The highest BCUT2D eigenvalue weighted by molar-refractivity contribution is 5.94. The summed E-state index contributed by atoms with van der Waals surface area (Å²) in [5.41, 5.74) is 6.14. The van der Waals surface area contributed by atoms with Crippen LogP contribution in [-0.2, 0) is 4.74 Å². The lowest BCUT2D eigenvalue weighted by atomic mass is 10.2. The van der Waals surface area contributed by atoms with Gasteiger partial charge in [0.05, 0.1) is 6.61 Å². The first-order chi connectivity index (χ1) is 7.77. The molecule has 0 unspecified atom stereocenters. The predicted molar refractivity (Wildman–Crippen MR) is 60.0 cm³/mol. The summed E-state index contributed by atoms with van der Waals surface area (Å²) in [6, 6.07) is 3.29. The molecule has 1 fully saturated rings. The highest BCUT2D eigenvalue weighted by Gasteiger charge is 2.17. The second-order valence-electron chi connectivity index (χ2n) is 3.73. The van der Waals surface area contributed by atoms with E-state index in [4.69, 9.17) is 10.5 Å². The van der Waals surface area contributed by atoms with Gasteiger partial charge in [-0.25, -0.2) is 4.98 Å². The van der Waals surface area contributed by atoms with Gasteiger partial charge in [0.25, 0.3) is 5.91 Å². The minimum absolute atomic E-state index is 0.000370. The molecule has 1 saturated heterocycles. The Morgan fingerprint density at radius 1 is 1.44 bits per heavy atom. The molecule has 1 amide bonds. The zero-order valence-electron chi connectivity index (χ0n) is 9.06. The number of hydrogen-bond acceptors (Lipinski definition) is 4. The van der Waals surface area contributed by atoms with E-state index in [1.165, 1.54) is 0 Å². The van der Waals surface area contributed by atoms with Gasteiger partial charge in [0.2, 0.25) is 0 Å². The van der Waals surface area contributed by atoms with Gasteiger partial charge in [-0.2, -0.15) is 0 Å². The molecule has 0 atom stereocenters. The molecular formula is C11H15N3O2. The number of rotatable bonds is 1. The number of nitrogen functional groups attached to an aromatic ring is 1. The van der Waals surface area contributed by atoms with Crippen molar-refractivity contribution in [2.45, 2.75) is 6.42 Å². The first kappa shape index (κ1) is 10.9. The summed E-state index contributed by atoms with van der Waals surface area (Å²) >= 11 is 0. The van der Waals surface area contributed by atoms with Gasteiger partial charge in [0.1, 0.15) is 5.82 Å². The Hall–Kier alpha value is -1.62. The molecule has 0 saturated carbocycles. The van der Waals surface area contributed by atoms with Gasteiger partial charge in [-0.05, 0) is 18.6 Å². The SMILES string of the molecule is Nc1cc(C(=O)N2CCCOCC2)ccn1. The van der Waals surface area contributed by atoms with Crippen molar-refractivity contribution in [3.63, 3.8) is 0 Å². The molecular weight excluding hydrogens is 206 g/mol. The maximum atomic E-state index is 12.1. The minimum Gasteiger partial charge on any atom is -0.384 e. The lowest BCUT2D eigenvalue weighted by Gasteiger charge is -2.19.